The monoisotopic (exact) mass is 1170 g/mol. The molecule has 7 aromatic rings. The number of hydrogen-bond acceptors (Lipinski definition) is 6. The second-order valence-corrected chi connectivity index (χ2v) is 22.3. The summed E-state index contributed by atoms with van der Waals surface area (Å²) in [6, 6.07) is 46.1. The number of carbonyl (C=O) groups excluding carboxylic acids is 6. The zero-order valence-corrected chi connectivity index (χ0v) is 50.9. The van der Waals surface area contributed by atoms with Crippen molar-refractivity contribution in [3.63, 3.8) is 0 Å². The van der Waals surface area contributed by atoms with Crippen LogP contribution in [0.15, 0.2) is 164 Å². The van der Waals surface area contributed by atoms with E-state index in [9.17, 15) is 28.8 Å². The van der Waals surface area contributed by atoms with Gasteiger partial charge in [-0.05, 0) is 183 Å². The van der Waals surface area contributed by atoms with Crippen LogP contribution in [-0.4, -0.2) is 35.8 Å². The molecule has 0 radical (unpaired) electrons. The van der Waals surface area contributed by atoms with E-state index in [0.29, 0.717) is 51.2 Å². The molecular weight excluding hydrogens is 1090 g/mol. The second-order valence-electron chi connectivity index (χ2n) is 22.3. The highest BCUT2D eigenvalue weighted by molar-refractivity contribution is 6.13. The zero-order valence-electron chi connectivity index (χ0n) is 50.9. The van der Waals surface area contributed by atoms with Gasteiger partial charge in [0.05, 0.1) is 0 Å². The first-order valence-corrected chi connectivity index (χ1v) is 31.3. The summed E-state index contributed by atoms with van der Waals surface area (Å²) in [5, 5.41) is 25.6. The lowest BCUT2D eigenvalue weighted by Gasteiger charge is -2.13. The molecule has 0 saturated carbocycles. The fraction of sp³-hybridized carbons (Fsp3) is 0.333. The highest BCUT2D eigenvalue weighted by Crippen LogP contribution is 2.24. The molecule has 0 unspecified atom stereocenters. The Morgan fingerprint density at radius 3 is 0.609 bits per heavy atom. The van der Waals surface area contributed by atoms with Gasteiger partial charge in [-0.15, -0.1) is 0 Å². The molecule has 15 nitrogen and oxygen atoms in total. The molecule has 0 aromatic heterocycles. The Bertz CT molecular complexity index is 2920. The van der Waals surface area contributed by atoms with Crippen molar-refractivity contribution >= 4 is 87.0 Å². The first-order chi connectivity index (χ1) is 42.4. The average molecular weight is 1170 g/mol. The molecule has 0 fully saturated rings. The average Bonchev–Trinajstić information content (AvgIpc) is 3.63. The topological polar surface area (TPSA) is 211 Å². The summed E-state index contributed by atoms with van der Waals surface area (Å²) in [5.41, 5.74) is 8.37. The predicted molar refractivity (Wildman–Crippen MR) is 358 cm³/mol. The second kappa shape index (κ2) is 35.9. The summed E-state index contributed by atoms with van der Waals surface area (Å²) < 4.78 is 0. The first kappa shape index (κ1) is 65.3. The van der Waals surface area contributed by atoms with Crippen molar-refractivity contribution in [2.24, 2.45) is 0 Å². The Labute approximate surface area is 514 Å². The fourth-order valence-corrected chi connectivity index (χ4v) is 10.0. The maximum absolute atomic E-state index is 14.0. The van der Waals surface area contributed by atoms with Crippen LogP contribution >= 0.6 is 0 Å². The quantitative estimate of drug-likeness (QED) is 0.0183. The van der Waals surface area contributed by atoms with E-state index >= 15 is 0 Å². The predicted octanol–water partition coefficient (Wildman–Crippen LogP) is 19.1. The molecule has 0 atom stereocenters. The summed E-state index contributed by atoms with van der Waals surface area (Å²) in [4.78, 5) is 80.9. The number of anilines is 9. The van der Waals surface area contributed by atoms with Crippen LogP contribution in [0.4, 0.5) is 65.6 Å². The smallest absolute Gasteiger partial charge is 0.322 e. The summed E-state index contributed by atoms with van der Waals surface area (Å²) in [6.45, 7) is 6.66. The lowest BCUT2D eigenvalue weighted by molar-refractivity contribution is 0.102. The van der Waals surface area contributed by atoms with E-state index < -0.39 is 35.8 Å². The van der Waals surface area contributed by atoms with Crippen LogP contribution in [0.3, 0.4) is 0 Å². The number of rotatable bonds is 33. The normalized spacial score (nSPS) is 10.8. The summed E-state index contributed by atoms with van der Waals surface area (Å²) in [5.74, 6) is -1.81. The minimum absolute atomic E-state index is 0.0170. The highest BCUT2D eigenvalue weighted by Gasteiger charge is 2.19. The molecule has 0 heterocycles. The minimum atomic E-state index is -0.604. The van der Waals surface area contributed by atoms with Gasteiger partial charge in [-0.3, -0.25) is 14.4 Å². The van der Waals surface area contributed by atoms with Gasteiger partial charge < -0.3 is 47.9 Å². The standard InChI is InChI=1S/C72H87N9O6/c1-4-7-10-13-16-19-22-52-25-31-61(32-26-52)76-70(85)79-64-43-37-58(38-44-64)73-67(82)55-49-56(68(83)74-59-39-45-65(46-40-59)80-71(86)77-62-33-27-53(28-34-62)23-20-17-14-11-8-5-2)51-57(50-55)69(84)75-60-41-47-66(48-42-60)81-72(87)78-63-35-29-54(30-36-63)24-21-18-15-12-9-6-3/h25-51H,4-24H2,1-3H3,(H,73,82)(H,74,83)(H,75,84)(H2,76,79,85)(H2,77,80,86)(H2,78,81,87). The molecule has 0 aliphatic carbocycles. The minimum Gasteiger partial charge on any atom is -0.322 e. The van der Waals surface area contributed by atoms with Gasteiger partial charge in [0.25, 0.3) is 17.7 Å². The van der Waals surface area contributed by atoms with Crippen LogP contribution in [0.25, 0.3) is 0 Å². The van der Waals surface area contributed by atoms with E-state index in [4.69, 9.17) is 0 Å². The Hall–Kier alpha value is -9.24. The highest BCUT2D eigenvalue weighted by atomic mass is 16.2. The number of aryl methyl sites for hydroxylation is 3. The van der Waals surface area contributed by atoms with Gasteiger partial charge in [-0.1, -0.05) is 153 Å². The molecule has 456 valence electrons. The van der Waals surface area contributed by atoms with Crippen LogP contribution in [0, 0.1) is 0 Å². The van der Waals surface area contributed by atoms with Crippen molar-refractivity contribution < 1.29 is 28.8 Å². The maximum Gasteiger partial charge on any atom is 0.323 e. The van der Waals surface area contributed by atoms with Gasteiger partial charge in [0.2, 0.25) is 0 Å². The van der Waals surface area contributed by atoms with Gasteiger partial charge in [-0.25, -0.2) is 14.4 Å². The van der Waals surface area contributed by atoms with Gasteiger partial charge in [0.1, 0.15) is 0 Å². The molecule has 87 heavy (non-hydrogen) atoms. The lowest BCUT2D eigenvalue weighted by atomic mass is 10.0. The molecule has 0 spiro atoms. The number of benzene rings is 7. The van der Waals surface area contributed by atoms with E-state index in [1.165, 1.54) is 131 Å². The summed E-state index contributed by atoms with van der Waals surface area (Å²) in [7, 11) is 0. The van der Waals surface area contributed by atoms with Crippen molar-refractivity contribution in [2.45, 2.75) is 156 Å². The third-order valence-electron chi connectivity index (χ3n) is 15.0. The molecule has 0 aliphatic rings. The fourth-order valence-electron chi connectivity index (χ4n) is 10.0. The zero-order chi connectivity index (χ0) is 61.4. The van der Waals surface area contributed by atoms with Crippen LogP contribution in [0.5, 0.6) is 0 Å². The molecule has 0 aliphatic heterocycles. The third kappa shape index (κ3) is 23.6. The third-order valence-corrected chi connectivity index (χ3v) is 15.0. The van der Waals surface area contributed by atoms with Crippen molar-refractivity contribution in [1.29, 1.82) is 0 Å². The Kier molecular flexibility index (Phi) is 27.0. The number of unbranched alkanes of at least 4 members (excludes halogenated alkanes) is 15. The van der Waals surface area contributed by atoms with Gasteiger partial charge in [-0.2, -0.15) is 0 Å². The van der Waals surface area contributed by atoms with Gasteiger partial charge >= 0.3 is 18.1 Å². The Balaban J connectivity index is 0.960. The van der Waals surface area contributed by atoms with Crippen LogP contribution < -0.4 is 47.9 Å². The number of hydrogen-bond donors (Lipinski definition) is 9. The molecule has 9 amide bonds. The molecule has 0 bridgehead atoms. The Morgan fingerprint density at radius 1 is 0.230 bits per heavy atom. The van der Waals surface area contributed by atoms with Crippen molar-refractivity contribution in [1.82, 2.24) is 0 Å². The van der Waals surface area contributed by atoms with Crippen LogP contribution in [0.2, 0.25) is 0 Å². The molecule has 15 heteroatoms. The summed E-state index contributed by atoms with van der Waals surface area (Å²) in [6.07, 6.45) is 25.2. The Morgan fingerprint density at radius 2 is 0.402 bits per heavy atom. The molecular formula is C72H87N9O6. The molecule has 0 saturated heterocycles. The van der Waals surface area contributed by atoms with E-state index in [0.717, 1.165) is 38.5 Å². The SMILES string of the molecule is CCCCCCCCc1ccc(NC(=O)Nc2ccc(NC(=O)c3cc(C(=O)Nc4ccc(NC(=O)Nc5ccc(CCCCCCCC)cc5)cc4)cc(C(=O)Nc4ccc(NC(=O)Nc5ccc(CCCCCCCC)cc5)cc4)c3)cc2)cc1. The number of carbonyl (C=O) groups is 6. The molecule has 7 rings (SSSR count). The van der Waals surface area contributed by atoms with Gasteiger partial charge in [0, 0.05) is 67.9 Å². The summed E-state index contributed by atoms with van der Waals surface area (Å²) >= 11 is 0. The van der Waals surface area contributed by atoms with Gasteiger partial charge in [0.15, 0.2) is 0 Å². The molecule has 9 N–H and O–H groups in total. The van der Waals surface area contributed by atoms with E-state index in [2.05, 4.69) is 68.6 Å². The number of amides is 9. The molecule has 7 aromatic carbocycles. The van der Waals surface area contributed by atoms with E-state index in [1.807, 2.05) is 72.8 Å². The number of urea groups is 3. The first-order valence-electron chi connectivity index (χ1n) is 31.3. The van der Waals surface area contributed by atoms with Crippen LogP contribution in [0.1, 0.15) is 184 Å². The van der Waals surface area contributed by atoms with E-state index in [-0.39, 0.29) is 16.7 Å². The van der Waals surface area contributed by atoms with Crippen molar-refractivity contribution in [3.8, 4) is 0 Å². The van der Waals surface area contributed by atoms with Crippen molar-refractivity contribution in [3.05, 3.63) is 197 Å². The maximum atomic E-state index is 14.0. The largest absolute Gasteiger partial charge is 0.323 e. The lowest BCUT2D eigenvalue weighted by Crippen LogP contribution is -2.20. The van der Waals surface area contributed by atoms with Crippen molar-refractivity contribution in [2.75, 3.05) is 47.9 Å². The van der Waals surface area contributed by atoms with Crippen LogP contribution in [-0.2, 0) is 19.3 Å². The number of nitrogens with one attached hydrogen (secondary N) is 9. The van der Waals surface area contributed by atoms with E-state index in [1.54, 1.807) is 72.8 Å².